The number of pyridine rings is 3. The third-order valence-corrected chi connectivity index (χ3v) is 7.00. The summed E-state index contributed by atoms with van der Waals surface area (Å²) in [5.74, 6) is 0.0295. The molecule has 3 aromatic heterocycles. The summed E-state index contributed by atoms with van der Waals surface area (Å²) in [6, 6.07) is 17.5. The predicted molar refractivity (Wildman–Crippen MR) is 139 cm³/mol. The van der Waals surface area contributed by atoms with Gasteiger partial charge in [0.2, 0.25) is 5.52 Å². The zero-order chi connectivity index (χ0) is 25.4. The molecular formula is C28H27FN6O. The average Bonchev–Trinajstić information content (AvgIpc) is 2.89. The highest BCUT2D eigenvalue weighted by Crippen LogP contribution is 2.35. The number of aromatic nitrogens is 3. The van der Waals surface area contributed by atoms with Crippen LogP contribution in [-0.2, 0) is 7.05 Å². The van der Waals surface area contributed by atoms with Crippen molar-refractivity contribution in [2.45, 2.75) is 32.0 Å². The van der Waals surface area contributed by atoms with E-state index >= 15 is 0 Å². The summed E-state index contributed by atoms with van der Waals surface area (Å²) in [5, 5.41) is 0. The molecule has 0 bridgehead atoms. The minimum Gasteiger partial charge on any atom is -0.362 e. The highest BCUT2D eigenvalue weighted by molar-refractivity contribution is 5.89. The van der Waals surface area contributed by atoms with Gasteiger partial charge in [-0.2, -0.15) is 0 Å². The van der Waals surface area contributed by atoms with E-state index in [1.54, 1.807) is 36.0 Å². The molecule has 8 heteroatoms. The summed E-state index contributed by atoms with van der Waals surface area (Å²) in [6.45, 7) is 13.0. The Labute approximate surface area is 209 Å². The quantitative estimate of drug-likeness (QED) is 0.395. The number of nitrogens with zero attached hydrogens (tertiary/aromatic N) is 6. The van der Waals surface area contributed by atoms with Gasteiger partial charge in [-0.1, -0.05) is 24.8 Å². The molecule has 1 fully saturated rings. The average molecular weight is 483 g/mol. The fourth-order valence-electron chi connectivity index (χ4n) is 5.15. The molecule has 1 aromatic carbocycles. The SMILES string of the molecule is [C-]#[N+]c1ccc2c(n1)c(N1C[C@@H](C)N(C(c3ccc(F)cc3)c3ccccn3)C[C@@H]1C)cc(=O)n2C. The number of fused-ring (bicyclic) bond motifs is 1. The third kappa shape index (κ3) is 4.23. The molecule has 3 atom stereocenters. The van der Waals surface area contributed by atoms with Gasteiger partial charge in [-0.05, 0) is 55.8 Å². The summed E-state index contributed by atoms with van der Waals surface area (Å²) >= 11 is 0. The second-order valence-corrected chi connectivity index (χ2v) is 9.33. The first-order chi connectivity index (χ1) is 17.4. The standard InChI is InChI=1S/C28H27FN6O/c1-18-17-35(28(22-7-5-6-14-31-22)20-8-10-21(29)11-9-20)19(2)16-34(18)24-15-26(36)33(4)23-12-13-25(30-3)32-27(23)24/h5-15,18-19,28H,16-17H2,1-2,4H3/t18-,19+,28?/m0/s1. The lowest BCUT2D eigenvalue weighted by molar-refractivity contribution is 0.128. The van der Waals surface area contributed by atoms with Gasteiger partial charge in [0.1, 0.15) is 5.82 Å². The van der Waals surface area contributed by atoms with Crippen molar-refractivity contribution in [3.63, 3.8) is 0 Å². The van der Waals surface area contributed by atoms with Gasteiger partial charge in [0.05, 0.1) is 22.9 Å². The monoisotopic (exact) mass is 482 g/mol. The maximum Gasteiger partial charge on any atom is 0.270 e. The van der Waals surface area contributed by atoms with Crippen molar-refractivity contribution in [1.29, 1.82) is 0 Å². The molecule has 0 saturated carbocycles. The Kier molecular flexibility index (Phi) is 6.25. The highest BCUT2D eigenvalue weighted by Gasteiger charge is 2.36. The zero-order valence-corrected chi connectivity index (χ0v) is 20.5. The van der Waals surface area contributed by atoms with E-state index in [4.69, 9.17) is 6.57 Å². The van der Waals surface area contributed by atoms with Gasteiger partial charge >= 0.3 is 0 Å². The topological polar surface area (TPSA) is 58.6 Å². The number of aryl methyl sites for hydroxylation is 1. The molecule has 4 heterocycles. The van der Waals surface area contributed by atoms with E-state index in [2.05, 4.69) is 38.5 Å². The van der Waals surface area contributed by atoms with Crippen molar-refractivity contribution in [3.8, 4) is 0 Å². The molecular weight excluding hydrogens is 455 g/mol. The predicted octanol–water partition coefficient (Wildman–Crippen LogP) is 4.71. The van der Waals surface area contributed by atoms with E-state index in [1.165, 1.54) is 12.1 Å². The van der Waals surface area contributed by atoms with Gasteiger partial charge in [0, 0.05) is 44.5 Å². The van der Waals surface area contributed by atoms with Crippen LogP contribution in [0.4, 0.5) is 15.9 Å². The lowest BCUT2D eigenvalue weighted by Crippen LogP contribution is -2.57. The van der Waals surface area contributed by atoms with E-state index in [-0.39, 0.29) is 29.5 Å². The molecule has 0 amide bonds. The summed E-state index contributed by atoms with van der Waals surface area (Å²) in [7, 11) is 1.72. The van der Waals surface area contributed by atoms with Crippen LogP contribution in [0.5, 0.6) is 0 Å². The lowest BCUT2D eigenvalue weighted by atomic mass is 9.96. The van der Waals surface area contributed by atoms with Gasteiger partial charge in [-0.25, -0.2) is 4.39 Å². The minimum absolute atomic E-state index is 0.0431. The van der Waals surface area contributed by atoms with Crippen molar-refractivity contribution in [2.75, 3.05) is 18.0 Å². The molecule has 0 N–H and O–H groups in total. The smallest absolute Gasteiger partial charge is 0.270 e. The summed E-state index contributed by atoms with van der Waals surface area (Å²) < 4.78 is 15.3. The van der Waals surface area contributed by atoms with Crippen LogP contribution in [0, 0.1) is 12.4 Å². The summed E-state index contributed by atoms with van der Waals surface area (Å²) in [4.78, 5) is 30.1. The summed E-state index contributed by atoms with van der Waals surface area (Å²) in [6.07, 6.45) is 1.78. The van der Waals surface area contributed by atoms with Crippen LogP contribution >= 0.6 is 0 Å². The Morgan fingerprint density at radius 1 is 1.06 bits per heavy atom. The normalized spacial score (nSPS) is 19.2. The summed E-state index contributed by atoms with van der Waals surface area (Å²) in [5.41, 5.74) is 3.86. The molecule has 1 unspecified atom stereocenters. The van der Waals surface area contributed by atoms with Gasteiger partial charge in [-0.3, -0.25) is 14.7 Å². The fraction of sp³-hybridized carbons (Fsp3) is 0.286. The van der Waals surface area contributed by atoms with Crippen molar-refractivity contribution in [2.24, 2.45) is 7.05 Å². The number of hydrogen-bond donors (Lipinski definition) is 0. The highest BCUT2D eigenvalue weighted by atomic mass is 19.1. The minimum atomic E-state index is -0.270. The first-order valence-corrected chi connectivity index (χ1v) is 11.9. The number of anilines is 1. The molecule has 4 aromatic rings. The van der Waals surface area contributed by atoms with Crippen molar-refractivity contribution in [3.05, 3.63) is 106 Å². The van der Waals surface area contributed by atoms with Crippen LogP contribution in [0.1, 0.15) is 31.1 Å². The van der Waals surface area contributed by atoms with Crippen molar-refractivity contribution >= 4 is 22.5 Å². The number of piperazine rings is 1. The van der Waals surface area contributed by atoms with Crippen LogP contribution in [0.25, 0.3) is 15.9 Å². The molecule has 5 rings (SSSR count). The van der Waals surface area contributed by atoms with Gasteiger partial charge < -0.3 is 14.3 Å². The number of hydrogen-bond acceptors (Lipinski definition) is 5. The van der Waals surface area contributed by atoms with E-state index in [9.17, 15) is 9.18 Å². The van der Waals surface area contributed by atoms with Gasteiger partial charge in [0.15, 0.2) is 0 Å². The Morgan fingerprint density at radius 3 is 2.53 bits per heavy atom. The maximum atomic E-state index is 13.7. The first-order valence-electron chi connectivity index (χ1n) is 11.9. The molecule has 1 aliphatic heterocycles. The molecule has 1 aliphatic rings. The van der Waals surface area contributed by atoms with Crippen molar-refractivity contribution < 1.29 is 4.39 Å². The largest absolute Gasteiger partial charge is 0.362 e. The molecule has 182 valence electrons. The second kappa shape index (κ2) is 9.51. The van der Waals surface area contributed by atoms with Crippen LogP contribution in [-0.4, -0.2) is 44.6 Å². The first kappa shape index (κ1) is 23.6. The molecule has 0 radical (unpaired) electrons. The second-order valence-electron chi connectivity index (χ2n) is 9.33. The van der Waals surface area contributed by atoms with E-state index < -0.39 is 0 Å². The molecule has 0 aliphatic carbocycles. The lowest BCUT2D eigenvalue weighted by Gasteiger charge is -2.48. The van der Waals surface area contributed by atoms with Gasteiger partial charge in [0.25, 0.3) is 11.4 Å². The van der Waals surface area contributed by atoms with Crippen molar-refractivity contribution in [1.82, 2.24) is 19.4 Å². The number of halogens is 1. The Balaban J connectivity index is 1.55. The molecule has 36 heavy (non-hydrogen) atoms. The van der Waals surface area contributed by atoms with Crippen LogP contribution < -0.4 is 10.5 Å². The maximum absolute atomic E-state index is 13.7. The molecule has 7 nitrogen and oxygen atoms in total. The Hall–Kier alpha value is -4.09. The number of benzene rings is 1. The Morgan fingerprint density at radius 2 is 1.83 bits per heavy atom. The Bertz CT molecular complexity index is 1500. The van der Waals surface area contributed by atoms with E-state index in [1.807, 2.05) is 30.3 Å². The zero-order valence-electron chi connectivity index (χ0n) is 20.5. The van der Waals surface area contributed by atoms with Crippen LogP contribution in [0.15, 0.2) is 71.7 Å². The van der Waals surface area contributed by atoms with Gasteiger partial charge in [-0.15, -0.1) is 4.98 Å². The van der Waals surface area contributed by atoms with Crippen LogP contribution in [0.3, 0.4) is 0 Å². The molecule has 0 spiro atoms. The van der Waals surface area contributed by atoms with E-state index in [0.29, 0.717) is 29.9 Å². The molecule has 1 saturated heterocycles. The fourth-order valence-corrected chi connectivity index (χ4v) is 5.15. The van der Waals surface area contributed by atoms with Crippen LogP contribution in [0.2, 0.25) is 0 Å². The number of rotatable bonds is 4. The van der Waals surface area contributed by atoms with E-state index in [0.717, 1.165) is 16.9 Å². The third-order valence-electron chi connectivity index (χ3n) is 7.00.